The molecule has 0 aliphatic carbocycles. The van der Waals surface area contributed by atoms with Crippen LogP contribution in [0.25, 0.3) is 0 Å². The molecule has 0 fully saturated rings. The second kappa shape index (κ2) is 5.06. The lowest BCUT2D eigenvalue weighted by Gasteiger charge is -2.20. The molecule has 0 amide bonds. The minimum Gasteiger partial charge on any atom is -0.399 e. The predicted molar refractivity (Wildman–Crippen MR) is 70.2 cm³/mol. The van der Waals surface area contributed by atoms with Crippen molar-refractivity contribution >= 4 is 15.7 Å². The zero-order valence-corrected chi connectivity index (χ0v) is 11.6. The van der Waals surface area contributed by atoms with Gasteiger partial charge in [-0.3, -0.25) is 0 Å². The van der Waals surface area contributed by atoms with E-state index in [1.807, 2.05) is 13.8 Å². The molecule has 0 spiro atoms. The Morgan fingerprint density at radius 3 is 2.47 bits per heavy atom. The lowest BCUT2D eigenvalue weighted by atomic mass is 10.2. The number of nitrogen functional groups attached to an aromatic ring is 1. The quantitative estimate of drug-likeness (QED) is 0.836. The van der Waals surface area contributed by atoms with Crippen LogP contribution in [-0.2, 0) is 10.0 Å². The third-order valence-corrected chi connectivity index (χ3v) is 4.49. The minimum absolute atomic E-state index is 0.288. The third-order valence-electron chi connectivity index (χ3n) is 2.52. The van der Waals surface area contributed by atoms with Crippen LogP contribution < -0.4 is 5.73 Å². The molecular weight excluding hydrogens is 236 g/mol. The fraction of sp³-hybridized carbons (Fsp3) is 0.500. The van der Waals surface area contributed by atoms with Crippen molar-refractivity contribution in [1.82, 2.24) is 4.31 Å². The van der Waals surface area contributed by atoms with Gasteiger partial charge in [-0.25, -0.2) is 12.7 Å². The maximum Gasteiger partial charge on any atom is 0.243 e. The molecule has 1 aromatic carbocycles. The molecule has 1 aromatic rings. The van der Waals surface area contributed by atoms with Gasteiger partial charge in [0.05, 0.1) is 4.90 Å². The number of hydrogen-bond donors (Lipinski definition) is 1. The lowest BCUT2D eigenvalue weighted by molar-refractivity contribution is 0.417. The molecule has 0 unspecified atom stereocenters. The van der Waals surface area contributed by atoms with E-state index < -0.39 is 10.0 Å². The van der Waals surface area contributed by atoms with Gasteiger partial charge < -0.3 is 5.73 Å². The van der Waals surface area contributed by atoms with Crippen molar-refractivity contribution in [2.75, 3.05) is 19.3 Å². The summed E-state index contributed by atoms with van der Waals surface area (Å²) in [5.74, 6) is 0.288. The number of benzene rings is 1. The van der Waals surface area contributed by atoms with E-state index in [1.165, 1.54) is 10.4 Å². The predicted octanol–water partition coefficient (Wildman–Crippen LogP) is 1.85. The highest BCUT2D eigenvalue weighted by molar-refractivity contribution is 7.89. The molecule has 0 aromatic heterocycles. The van der Waals surface area contributed by atoms with Crippen molar-refractivity contribution in [3.05, 3.63) is 23.8 Å². The van der Waals surface area contributed by atoms with Crippen molar-refractivity contribution in [2.45, 2.75) is 25.7 Å². The van der Waals surface area contributed by atoms with E-state index in [0.717, 1.165) is 5.56 Å². The molecule has 0 saturated heterocycles. The molecule has 0 heterocycles. The number of hydrogen-bond acceptors (Lipinski definition) is 3. The van der Waals surface area contributed by atoms with Gasteiger partial charge in [0.15, 0.2) is 0 Å². The standard InChI is InChI=1S/C12H20N2O2S/c1-9(2)8-14(4)17(15,16)12-7-11(13)6-5-10(12)3/h5-7,9H,8,13H2,1-4H3. The Labute approximate surface area is 103 Å². The molecular formula is C12H20N2O2S. The first-order valence-corrected chi connectivity index (χ1v) is 7.01. The van der Waals surface area contributed by atoms with Gasteiger partial charge in [0.25, 0.3) is 0 Å². The average Bonchev–Trinajstić information content (AvgIpc) is 2.20. The molecule has 96 valence electrons. The largest absolute Gasteiger partial charge is 0.399 e. The van der Waals surface area contributed by atoms with Crippen LogP contribution in [-0.4, -0.2) is 26.3 Å². The topological polar surface area (TPSA) is 63.4 Å². The monoisotopic (exact) mass is 256 g/mol. The van der Waals surface area contributed by atoms with Crippen molar-refractivity contribution in [2.24, 2.45) is 5.92 Å². The highest BCUT2D eigenvalue weighted by Gasteiger charge is 2.23. The maximum absolute atomic E-state index is 12.3. The van der Waals surface area contributed by atoms with Gasteiger partial charge in [-0.05, 0) is 30.5 Å². The van der Waals surface area contributed by atoms with Crippen molar-refractivity contribution in [3.8, 4) is 0 Å². The zero-order chi connectivity index (χ0) is 13.2. The summed E-state index contributed by atoms with van der Waals surface area (Å²) in [6, 6.07) is 4.95. The Balaban J connectivity index is 3.17. The van der Waals surface area contributed by atoms with Crippen LogP contribution in [0.1, 0.15) is 19.4 Å². The SMILES string of the molecule is Cc1ccc(N)cc1S(=O)(=O)N(C)CC(C)C. The molecule has 0 bridgehead atoms. The summed E-state index contributed by atoms with van der Waals surface area (Å²) in [6.07, 6.45) is 0. The third kappa shape index (κ3) is 3.20. The molecule has 0 aliphatic rings. The average molecular weight is 256 g/mol. The second-order valence-electron chi connectivity index (χ2n) is 4.70. The van der Waals surface area contributed by atoms with Gasteiger partial charge in [0.1, 0.15) is 0 Å². The van der Waals surface area contributed by atoms with Crippen LogP contribution in [0.2, 0.25) is 0 Å². The van der Waals surface area contributed by atoms with E-state index in [-0.39, 0.29) is 5.92 Å². The molecule has 2 N–H and O–H groups in total. The van der Waals surface area contributed by atoms with Crippen LogP contribution in [0.5, 0.6) is 0 Å². The molecule has 0 atom stereocenters. The second-order valence-corrected chi connectivity index (χ2v) is 6.72. The molecule has 1 rings (SSSR count). The molecule has 4 nitrogen and oxygen atoms in total. The summed E-state index contributed by atoms with van der Waals surface area (Å²) in [5, 5.41) is 0. The number of nitrogens with two attached hydrogens (primary N) is 1. The summed E-state index contributed by atoms with van der Waals surface area (Å²) >= 11 is 0. The number of aryl methyl sites for hydroxylation is 1. The van der Waals surface area contributed by atoms with E-state index in [9.17, 15) is 8.42 Å². The smallest absolute Gasteiger partial charge is 0.243 e. The van der Waals surface area contributed by atoms with Crippen LogP contribution >= 0.6 is 0 Å². The zero-order valence-electron chi connectivity index (χ0n) is 10.8. The summed E-state index contributed by atoms with van der Waals surface area (Å²) < 4.78 is 26.0. The van der Waals surface area contributed by atoms with Crippen molar-refractivity contribution < 1.29 is 8.42 Å². The first-order valence-electron chi connectivity index (χ1n) is 5.57. The Morgan fingerprint density at radius 2 is 1.94 bits per heavy atom. The molecule has 5 heteroatoms. The van der Waals surface area contributed by atoms with Gasteiger partial charge in [-0.2, -0.15) is 0 Å². The lowest BCUT2D eigenvalue weighted by Crippen LogP contribution is -2.30. The van der Waals surface area contributed by atoms with Crippen LogP contribution in [0.4, 0.5) is 5.69 Å². The molecule has 0 saturated carbocycles. The summed E-state index contributed by atoms with van der Waals surface area (Å²) in [5.41, 5.74) is 6.82. The van der Waals surface area contributed by atoms with Crippen LogP contribution in [0.15, 0.2) is 23.1 Å². The van der Waals surface area contributed by atoms with E-state index in [1.54, 1.807) is 26.1 Å². The van der Waals surface area contributed by atoms with Gasteiger partial charge in [0, 0.05) is 19.3 Å². The van der Waals surface area contributed by atoms with Gasteiger partial charge in [-0.1, -0.05) is 19.9 Å². The molecule has 0 aliphatic heterocycles. The van der Waals surface area contributed by atoms with Gasteiger partial charge in [-0.15, -0.1) is 0 Å². The Hall–Kier alpha value is -1.07. The van der Waals surface area contributed by atoms with E-state index >= 15 is 0 Å². The normalized spacial score (nSPS) is 12.4. The molecule has 17 heavy (non-hydrogen) atoms. The highest BCUT2D eigenvalue weighted by atomic mass is 32.2. The fourth-order valence-electron chi connectivity index (χ4n) is 1.67. The Kier molecular flexibility index (Phi) is 4.16. The van der Waals surface area contributed by atoms with Crippen molar-refractivity contribution in [3.63, 3.8) is 0 Å². The van der Waals surface area contributed by atoms with Crippen molar-refractivity contribution in [1.29, 1.82) is 0 Å². The van der Waals surface area contributed by atoms with Gasteiger partial charge in [0.2, 0.25) is 10.0 Å². The number of anilines is 1. The van der Waals surface area contributed by atoms with Gasteiger partial charge >= 0.3 is 0 Å². The van der Waals surface area contributed by atoms with Crippen LogP contribution in [0, 0.1) is 12.8 Å². The van der Waals surface area contributed by atoms with E-state index in [0.29, 0.717) is 17.1 Å². The fourth-order valence-corrected chi connectivity index (χ4v) is 3.26. The first kappa shape index (κ1) is 14.0. The minimum atomic E-state index is -3.43. The summed E-state index contributed by atoms with van der Waals surface area (Å²) in [6.45, 7) is 6.24. The first-order chi connectivity index (χ1) is 7.75. The summed E-state index contributed by atoms with van der Waals surface area (Å²) in [7, 11) is -1.84. The van der Waals surface area contributed by atoms with Crippen LogP contribution in [0.3, 0.4) is 0 Å². The Bertz CT molecular complexity index is 495. The Morgan fingerprint density at radius 1 is 1.35 bits per heavy atom. The van der Waals surface area contributed by atoms with E-state index in [2.05, 4.69) is 0 Å². The molecule has 0 radical (unpaired) electrons. The maximum atomic E-state index is 12.3. The number of sulfonamides is 1. The number of nitrogens with zero attached hydrogens (tertiary/aromatic N) is 1. The number of rotatable bonds is 4. The highest BCUT2D eigenvalue weighted by Crippen LogP contribution is 2.22. The summed E-state index contributed by atoms with van der Waals surface area (Å²) in [4.78, 5) is 0.292. The van der Waals surface area contributed by atoms with E-state index in [4.69, 9.17) is 5.73 Å².